The van der Waals surface area contributed by atoms with Gasteiger partial charge in [0.05, 0.1) is 0 Å². The fourth-order valence-corrected chi connectivity index (χ4v) is 2.06. The van der Waals surface area contributed by atoms with E-state index in [0.29, 0.717) is 5.82 Å². The van der Waals surface area contributed by atoms with Gasteiger partial charge in [-0.15, -0.1) is 0 Å². The van der Waals surface area contributed by atoms with Crippen molar-refractivity contribution in [2.24, 2.45) is 7.05 Å². The summed E-state index contributed by atoms with van der Waals surface area (Å²) in [6.07, 6.45) is 1.91. The number of hydrogen-bond acceptors (Lipinski definition) is 3. The number of para-hydroxylation sites is 1. The van der Waals surface area contributed by atoms with Gasteiger partial charge in [0.1, 0.15) is 11.5 Å². The molecule has 1 heterocycles. The molecule has 0 aliphatic carbocycles. The first kappa shape index (κ1) is 12.3. The summed E-state index contributed by atoms with van der Waals surface area (Å²) in [6, 6.07) is 17.5. The maximum absolute atomic E-state index is 5.87. The lowest BCUT2D eigenvalue weighted by Gasteiger charge is -2.06. The monoisotopic (exact) mass is 265 g/mol. The van der Waals surface area contributed by atoms with Crippen molar-refractivity contribution in [2.45, 2.75) is 0 Å². The molecular weight excluding hydrogens is 250 g/mol. The van der Waals surface area contributed by atoms with Gasteiger partial charge in [0.15, 0.2) is 5.82 Å². The maximum Gasteiger partial charge on any atom is 0.153 e. The highest BCUT2D eigenvalue weighted by Gasteiger charge is 2.06. The van der Waals surface area contributed by atoms with Crippen molar-refractivity contribution in [3.8, 4) is 22.6 Å². The van der Waals surface area contributed by atoms with E-state index in [9.17, 15) is 0 Å². The molecule has 0 aliphatic heterocycles. The summed E-state index contributed by atoms with van der Waals surface area (Å²) in [6.45, 7) is 0. The second-order valence-corrected chi connectivity index (χ2v) is 4.54. The van der Waals surface area contributed by atoms with Gasteiger partial charge in [0.25, 0.3) is 0 Å². The van der Waals surface area contributed by atoms with Crippen LogP contribution in [0, 0.1) is 0 Å². The van der Waals surface area contributed by atoms with E-state index in [1.54, 1.807) is 4.68 Å². The number of aryl methyl sites for hydroxylation is 1. The molecule has 4 nitrogen and oxygen atoms in total. The quantitative estimate of drug-likeness (QED) is 0.789. The molecule has 0 aliphatic rings. The van der Waals surface area contributed by atoms with Gasteiger partial charge in [-0.3, -0.25) is 4.68 Å². The van der Waals surface area contributed by atoms with Gasteiger partial charge in [-0.2, -0.15) is 5.10 Å². The molecular formula is C16H15N3O. The number of nitrogens with zero attached hydrogens (tertiary/aromatic N) is 2. The molecule has 0 amide bonds. The molecule has 20 heavy (non-hydrogen) atoms. The molecule has 0 fully saturated rings. The highest BCUT2D eigenvalue weighted by molar-refractivity contribution is 5.73. The van der Waals surface area contributed by atoms with E-state index >= 15 is 0 Å². The summed E-state index contributed by atoms with van der Waals surface area (Å²) < 4.78 is 7.46. The minimum atomic E-state index is 0.532. The molecule has 4 heteroatoms. The Hall–Kier alpha value is -2.75. The van der Waals surface area contributed by atoms with Crippen LogP contribution in [0.25, 0.3) is 11.1 Å². The summed E-state index contributed by atoms with van der Waals surface area (Å²) in [5.41, 5.74) is 7.83. The number of aromatic nitrogens is 2. The molecule has 100 valence electrons. The zero-order valence-electron chi connectivity index (χ0n) is 11.2. The summed E-state index contributed by atoms with van der Waals surface area (Å²) in [5, 5.41) is 4.14. The normalized spacial score (nSPS) is 10.4. The van der Waals surface area contributed by atoms with Gasteiger partial charge in [0, 0.05) is 18.8 Å². The largest absolute Gasteiger partial charge is 0.457 e. The van der Waals surface area contributed by atoms with Crippen molar-refractivity contribution in [3.63, 3.8) is 0 Å². The van der Waals surface area contributed by atoms with Crippen molar-refractivity contribution in [3.05, 3.63) is 60.8 Å². The predicted molar refractivity (Wildman–Crippen MR) is 79.6 cm³/mol. The molecule has 2 aromatic carbocycles. The molecule has 3 rings (SSSR count). The Morgan fingerprint density at radius 3 is 2.20 bits per heavy atom. The molecule has 0 atom stereocenters. The van der Waals surface area contributed by atoms with Crippen LogP contribution < -0.4 is 10.5 Å². The maximum atomic E-state index is 5.87. The third-order valence-electron chi connectivity index (χ3n) is 3.00. The Balaban J connectivity index is 1.83. The molecule has 0 spiro atoms. The minimum Gasteiger partial charge on any atom is -0.457 e. The lowest BCUT2D eigenvalue weighted by atomic mass is 10.1. The number of nitrogen functional groups attached to an aromatic ring is 1. The second kappa shape index (κ2) is 5.09. The Kier molecular flexibility index (Phi) is 3.13. The number of benzene rings is 2. The number of nitrogens with two attached hydrogens (primary N) is 1. The molecule has 0 radical (unpaired) electrons. The van der Waals surface area contributed by atoms with Crippen molar-refractivity contribution < 1.29 is 4.74 Å². The Labute approximate surface area is 117 Å². The predicted octanol–water partition coefficient (Wildman–Crippen LogP) is 3.46. The van der Waals surface area contributed by atoms with Crippen LogP contribution >= 0.6 is 0 Å². The van der Waals surface area contributed by atoms with Gasteiger partial charge in [-0.05, 0) is 29.8 Å². The van der Waals surface area contributed by atoms with Crippen molar-refractivity contribution in [1.82, 2.24) is 9.78 Å². The van der Waals surface area contributed by atoms with E-state index < -0.39 is 0 Å². The second-order valence-electron chi connectivity index (χ2n) is 4.54. The summed E-state index contributed by atoms with van der Waals surface area (Å²) >= 11 is 0. The fourth-order valence-electron chi connectivity index (χ4n) is 2.06. The zero-order valence-corrected chi connectivity index (χ0v) is 11.2. The molecule has 2 N–H and O–H groups in total. The number of hydrogen-bond donors (Lipinski definition) is 1. The van der Waals surface area contributed by atoms with Gasteiger partial charge < -0.3 is 10.5 Å². The third-order valence-corrected chi connectivity index (χ3v) is 3.00. The first-order chi connectivity index (χ1) is 9.72. The first-order valence-electron chi connectivity index (χ1n) is 6.35. The molecule has 1 aromatic heterocycles. The van der Waals surface area contributed by atoms with Crippen LogP contribution in [-0.4, -0.2) is 9.78 Å². The molecule has 0 bridgehead atoms. The number of anilines is 1. The highest BCUT2D eigenvalue weighted by Crippen LogP contribution is 2.28. The van der Waals surface area contributed by atoms with Gasteiger partial charge in [-0.1, -0.05) is 30.3 Å². The van der Waals surface area contributed by atoms with Crippen molar-refractivity contribution in [1.29, 1.82) is 0 Å². The van der Waals surface area contributed by atoms with Crippen LogP contribution in [0.4, 0.5) is 5.82 Å². The van der Waals surface area contributed by atoms with Crippen LogP contribution in [0.2, 0.25) is 0 Å². The van der Waals surface area contributed by atoms with Crippen molar-refractivity contribution >= 4 is 5.82 Å². The smallest absolute Gasteiger partial charge is 0.153 e. The molecule has 0 saturated heterocycles. The van der Waals surface area contributed by atoms with E-state index in [4.69, 9.17) is 10.5 Å². The zero-order chi connectivity index (χ0) is 13.9. The summed E-state index contributed by atoms with van der Waals surface area (Å²) in [4.78, 5) is 0. The average Bonchev–Trinajstić information content (AvgIpc) is 2.80. The van der Waals surface area contributed by atoms with E-state index in [1.807, 2.05) is 67.8 Å². The van der Waals surface area contributed by atoms with E-state index in [-0.39, 0.29) is 0 Å². The Bertz CT molecular complexity index is 702. The third kappa shape index (κ3) is 2.49. The standard InChI is InChI=1S/C16H15N3O/c1-19-11-15(16(17)18-19)12-7-9-14(10-8-12)20-13-5-3-2-4-6-13/h2-11H,1H3,(H2,17,18). The Morgan fingerprint density at radius 1 is 0.950 bits per heavy atom. The Morgan fingerprint density at radius 2 is 1.60 bits per heavy atom. The van der Waals surface area contributed by atoms with E-state index in [0.717, 1.165) is 22.6 Å². The van der Waals surface area contributed by atoms with Gasteiger partial charge >= 0.3 is 0 Å². The summed E-state index contributed by atoms with van der Waals surface area (Å²) in [5.74, 6) is 2.15. The highest BCUT2D eigenvalue weighted by atomic mass is 16.5. The topological polar surface area (TPSA) is 53.1 Å². The lowest BCUT2D eigenvalue weighted by Crippen LogP contribution is -1.90. The summed E-state index contributed by atoms with van der Waals surface area (Å²) in [7, 11) is 1.85. The van der Waals surface area contributed by atoms with Crippen molar-refractivity contribution in [2.75, 3.05) is 5.73 Å². The first-order valence-corrected chi connectivity index (χ1v) is 6.35. The van der Waals surface area contributed by atoms with Gasteiger partial charge in [0.2, 0.25) is 0 Å². The average molecular weight is 265 g/mol. The fraction of sp³-hybridized carbons (Fsp3) is 0.0625. The molecule has 0 saturated carbocycles. The molecule has 0 unspecified atom stereocenters. The SMILES string of the molecule is Cn1cc(-c2ccc(Oc3ccccc3)cc2)c(N)n1. The molecule has 3 aromatic rings. The van der Waals surface area contributed by atoms with Crippen LogP contribution in [0.15, 0.2) is 60.8 Å². The lowest BCUT2D eigenvalue weighted by molar-refractivity contribution is 0.483. The van der Waals surface area contributed by atoms with Crippen LogP contribution in [0.1, 0.15) is 0 Å². The van der Waals surface area contributed by atoms with Crippen LogP contribution in [0.5, 0.6) is 11.5 Å². The van der Waals surface area contributed by atoms with Crippen LogP contribution in [-0.2, 0) is 7.05 Å². The number of rotatable bonds is 3. The minimum absolute atomic E-state index is 0.532. The van der Waals surface area contributed by atoms with Crippen LogP contribution in [0.3, 0.4) is 0 Å². The van der Waals surface area contributed by atoms with Gasteiger partial charge in [-0.25, -0.2) is 0 Å². The van der Waals surface area contributed by atoms with E-state index in [1.165, 1.54) is 0 Å². The number of ether oxygens (including phenoxy) is 1. The van der Waals surface area contributed by atoms with E-state index in [2.05, 4.69) is 5.10 Å².